The van der Waals surface area contributed by atoms with E-state index in [1.54, 1.807) is 23.8 Å². The number of carbonyl (C=O) groups is 2. The normalized spacial score (nSPS) is 11.6. The Morgan fingerprint density at radius 1 is 0.889 bits per heavy atom. The zero-order chi connectivity index (χ0) is 32.5. The first-order valence-corrected chi connectivity index (χ1v) is 15.2. The molecule has 4 aromatic rings. The molecule has 0 radical (unpaired) electrons. The Hall–Kier alpha value is -4.71. The van der Waals surface area contributed by atoms with Gasteiger partial charge in [-0.3, -0.25) is 14.0 Å². The number of hydrogen-bond acceptors (Lipinski definition) is 9. The lowest BCUT2D eigenvalue weighted by Crippen LogP contribution is -2.33. The molecule has 0 bridgehead atoms. The zero-order valence-corrected chi connectivity index (χ0v) is 26.7. The largest absolute Gasteiger partial charge is 0.490 e. The molecular weight excluding hydrogens is 580 g/mol. The summed E-state index contributed by atoms with van der Waals surface area (Å²) < 4.78 is 31.3. The molecule has 1 aromatic carbocycles. The first kappa shape index (κ1) is 33.2. The second kappa shape index (κ2) is 15.3. The SMILES string of the molecule is CCOCCCn1c(=NC(=O)c2cc(OCC)c(OCC)c(OCC)c2)c(C(=O)OCC)cc2c(=O)n3cccc(C)c3nc21. The maximum absolute atomic E-state index is 13.9. The Morgan fingerprint density at radius 2 is 1.58 bits per heavy atom. The number of esters is 1. The zero-order valence-electron chi connectivity index (χ0n) is 26.7. The Balaban J connectivity index is 2.06. The van der Waals surface area contributed by atoms with Crippen LogP contribution in [0.5, 0.6) is 17.2 Å². The van der Waals surface area contributed by atoms with Crippen LogP contribution in [0.1, 0.15) is 67.3 Å². The van der Waals surface area contributed by atoms with Gasteiger partial charge in [0.25, 0.3) is 11.5 Å². The van der Waals surface area contributed by atoms with Crippen molar-refractivity contribution in [1.82, 2.24) is 14.0 Å². The van der Waals surface area contributed by atoms with E-state index in [4.69, 9.17) is 28.7 Å². The number of rotatable bonds is 14. The van der Waals surface area contributed by atoms with Gasteiger partial charge in [0.1, 0.15) is 16.9 Å². The van der Waals surface area contributed by atoms with Crippen molar-refractivity contribution in [2.24, 2.45) is 4.99 Å². The van der Waals surface area contributed by atoms with E-state index in [1.165, 1.54) is 22.6 Å². The van der Waals surface area contributed by atoms with Crippen molar-refractivity contribution in [1.29, 1.82) is 0 Å². The van der Waals surface area contributed by atoms with Gasteiger partial charge in [0.2, 0.25) is 5.75 Å². The Kier molecular flexibility index (Phi) is 11.3. The molecule has 0 aliphatic carbocycles. The van der Waals surface area contributed by atoms with Crippen molar-refractivity contribution in [2.45, 2.75) is 54.5 Å². The molecule has 4 rings (SSSR count). The summed E-state index contributed by atoms with van der Waals surface area (Å²) in [5.74, 6) is -0.357. The number of hydrogen-bond donors (Lipinski definition) is 0. The molecule has 0 N–H and O–H groups in total. The molecule has 0 fully saturated rings. The second-order valence-corrected chi connectivity index (χ2v) is 9.86. The number of aryl methyl sites for hydroxylation is 2. The summed E-state index contributed by atoms with van der Waals surface area (Å²) in [5.41, 5.74) is 1.27. The van der Waals surface area contributed by atoms with Crippen LogP contribution in [0.3, 0.4) is 0 Å². The van der Waals surface area contributed by atoms with Crippen LogP contribution in [0, 0.1) is 6.92 Å². The lowest BCUT2D eigenvalue weighted by Gasteiger charge is -2.17. The summed E-state index contributed by atoms with van der Waals surface area (Å²) in [7, 11) is 0. The molecular formula is C33H40N4O8. The molecule has 0 unspecified atom stereocenters. The Morgan fingerprint density at radius 3 is 2.20 bits per heavy atom. The second-order valence-electron chi connectivity index (χ2n) is 9.86. The van der Waals surface area contributed by atoms with Gasteiger partial charge in [0, 0.05) is 31.5 Å². The van der Waals surface area contributed by atoms with Crippen LogP contribution in [-0.4, -0.2) is 65.5 Å². The van der Waals surface area contributed by atoms with Gasteiger partial charge >= 0.3 is 5.97 Å². The monoisotopic (exact) mass is 620 g/mol. The Bertz CT molecular complexity index is 1800. The van der Waals surface area contributed by atoms with Crippen LogP contribution in [-0.2, 0) is 16.0 Å². The highest BCUT2D eigenvalue weighted by Gasteiger charge is 2.22. The minimum atomic E-state index is -0.727. The number of nitrogens with zero attached hydrogens (tertiary/aromatic N) is 4. The van der Waals surface area contributed by atoms with Crippen molar-refractivity contribution < 1.29 is 33.3 Å². The predicted octanol–water partition coefficient (Wildman–Crippen LogP) is 4.50. The van der Waals surface area contributed by atoms with Gasteiger partial charge in [-0.2, -0.15) is 4.99 Å². The first-order chi connectivity index (χ1) is 21.8. The molecule has 0 aliphatic heterocycles. The van der Waals surface area contributed by atoms with Gasteiger partial charge in [-0.1, -0.05) is 6.07 Å². The van der Waals surface area contributed by atoms with Crippen LogP contribution >= 0.6 is 0 Å². The van der Waals surface area contributed by atoms with E-state index >= 15 is 0 Å². The molecule has 0 saturated carbocycles. The van der Waals surface area contributed by atoms with E-state index in [2.05, 4.69) is 4.99 Å². The minimum absolute atomic E-state index is 0.0112. The summed E-state index contributed by atoms with van der Waals surface area (Å²) in [4.78, 5) is 50.3. The van der Waals surface area contributed by atoms with Gasteiger partial charge in [-0.25, -0.2) is 9.78 Å². The summed E-state index contributed by atoms with van der Waals surface area (Å²) in [6, 6.07) is 8.08. The molecule has 45 heavy (non-hydrogen) atoms. The average molecular weight is 621 g/mol. The van der Waals surface area contributed by atoms with E-state index in [0.717, 1.165) is 5.56 Å². The number of ether oxygens (including phenoxy) is 5. The van der Waals surface area contributed by atoms with Crippen LogP contribution in [0.4, 0.5) is 0 Å². The fourth-order valence-corrected chi connectivity index (χ4v) is 4.92. The van der Waals surface area contributed by atoms with Crippen molar-refractivity contribution in [3.63, 3.8) is 0 Å². The number of amides is 1. The highest BCUT2D eigenvalue weighted by molar-refractivity contribution is 5.98. The molecule has 0 saturated heterocycles. The molecule has 1 amide bonds. The van der Waals surface area contributed by atoms with Gasteiger partial charge in [0.15, 0.2) is 17.0 Å². The molecule has 12 nitrogen and oxygen atoms in total. The van der Waals surface area contributed by atoms with Crippen LogP contribution < -0.4 is 25.3 Å². The highest BCUT2D eigenvalue weighted by Crippen LogP contribution is 2.39. The molecule has 0 spiro atoms. The van der Waals surface area contributed by atoms with Crippen LogP contribution in [0.25, 0.3) is 16.7 Å². The van der Waals surface area contributed by atoms with Crippen molar-refractivity contribution in [2.75, 3.05) is 39.6 Å². The number of carbonyl (C=O) groups excluding carboxylic acids is 2. The Labute approximate surface area is 261 Å². The van der Waals surface area contributed by atoms with Crippen molar-refractivity contribution in [3.8, 4) is 17.2 Å². The minimum Gasteiger partial charge on any atom is -0.490 e. The van der Waals surface area contributed by atoms with Gasteiger partial charge in [0.05, 0.1) is 31.8 Å². The quantitative estimate of drug-likeness (QED) is 0.114. The molecule has 0 aliphatic rings. The van der Waals surface area contributed by atoms with Gasteiger partial charge < -0.3 is 28.3 Å². The fourth-order valence-electron chi connectivity index (χ4n) is 4.92. The average Bonchev–Trinajstić information content (AvgIpc) is 3.02. The lowest BCUT2D eigenvalue weighted by atomic mass is 10.1. The summed E-state index contributed by atoms with van der Waals surface area (Å²) >= 11 is 0. The first-order valence-electron chi connectivity index (χ1n) is 15.2. The third-order valence-electron chi connectivity index (χ3n) is 6.84. The number of pyridine rings is 2. The third-order valence-corrected chi connectivity index (χ3v) is 6.84. The maximum atomic E-state index is 13.9. The molecule has 0 atom stereocenters. The molecule has 3 aromatic heterocycles. The third kappa shape index (κ3) is 7.17. The number of benzene rings is 1. The topological polar surface area (TPSA) is 132 Å². The lowest BCUT2D eigenvalue weighted by molar-refractivity contribution is 0.0523. The maximum Gasteiger partial charge on any atom is 0.341 e. The van der Waals surface area contributed by atoms with E-state index in [9.17, 15) is 14.4 Å². The predicted molar refractivity (Wildman–Crippen MR) is 169 cm³/mol. The van der Waals surface area contributed by atoms with E-state index in [0.29, 0.717) is 62.4 Å². The summed E-state index contributed by atoms with van der Waals surface area (Å²) in [6.45, 7) is 13.2. The van der Waals surface area contributed by atoms with Crippen molar-refractivity contribution >= 4 is 28.6 Å². The standard InChI is InChI=1S/C33H40N4O8/c1-7-41-17-13-16-36-29-23(32(39)37-15-12-14-21(6)28(37)34-29)20-24(33(40)45-11-5)30(36)35-31(38)22-18-25(42-8-2)27(44-10-4)26(19-22)43-9-3/h12,14-15,18-20H,7-11,13,16-17H2,1-6H3. The van der Waals surface area contributed by atoms with Crippen LogP contribution in [0.15, 0.2) is 46.3 Å². The highest BCUT2D eigenvalue weighted by atomic mass is 16.5. The van der Waals surface area contributed by atoms with Crippen LogP contribution in [0.2, 0.25) is 0 Å². The van der Waals surface area contributed by atoms with Gasteiger partial charge in [-0.15, -0.1) is 0 Å². The molecule has 12 heteroatoms. The summed E-state index contributed by atoms with van der Waals surface area (Å²) in [6.07, 6.45) is 2.12. The van der Waals surface area contributed by atoms with E-state index in [1.807, 2.05) is 40.7 Å². The van der Waals surface area contributed by atoms with E-state index < -0.39 is 11.9 Å². The summed E-state index contributed by atoms with van der Waals surface area (Å²) in [5, 5.41) is 0.183. The number of aromatic nitrogens is 3. The number of fused-ring (bicyclic) bond motifs is 2. The van der Waals surface area contributed by atoms with Crippen molar-refractivity contribution in [3.05, 3.63) is 69.1 Å². The molecule has 240 valence electrons. The van der Waals surface area contributed by atoms with E-state index in [-0.39, 0.29) is 46.4 Å². The fraction of sp³-hybridized carbons (Fsp3) is 0.424. The van der Waals surface area contributed by atoms with Gasteiger partial charge in [-0.05, 0) is 77.8 Å². The molecule has 3 heterocycles. The smallest absolute Gasteiger partial charge is 0.341 e.